The number of benzene rings is 3. The SMILES string of the molecule is COc1cc(OC)c(CNNC(=O)[C@]2(Cc3ccccc3CN=[N+]=[N-])COC(c3ccc(OCCCO)cc3)=N2)c(OC)c1. The molecule has 0 saturated heterocycles. The number of rotatable bonds is 16. The molecule has 1 heterocycles. The fourth-order valence-electron chi connectivity index (χ4n) is 4.72. The van der Waals surface area contributed by atoms with Gasteiger partial charge in [-0.25, -0.2) is 10.4 Å². The van der Waals surface area contributed by atoms with Crippen LogP contribution in [0.1, 0.15) is 28.7 Å². The van der Waals surface area contributed by atoms with Crippen LogP contribution in [0.4, 0.5) is 0 Å². The zero-order valence-electron chi connectivity index (χ0n) is 24.9. The fraction of sp³-hybridized carbons (Fsp3) is 0.355. The minimum absolute atomic E-state index is 0.0182. The van der Waals surface area contributed by atoms with Gasteiger partial charge in [-0.3, -0.25) is 10.2 Å². The largest absolute Gasteiger partial charge is 0.496 e. The third kappa shape index (κ3) is 7.70. The number of methoxy groups -OCH3 is 3. The Morgan fingerprint density at radius 1 is 1.05 bits per heavy atom. The van der Waals surface area contributed by atoms with E-state index in [1.54, 1.807) is 57.7 Å². The predicted molar refractivity (Wildman–Crippen MR) is 163 cm³/mol. The number of hydrogen-bond donors (Lipinski definition) is 3. The van der Waals surface area contributed by atoms with Crippen molar-refractivity contribution >= 4 is 11.8 Å². The summed E-state index contributed by atoms with van der Waals surface area (Å²) in [5.74, 6) is 2.16. The maximum atomic E-state index is 13.9. The molecule has 0 aromatic heterocycles. The summed E-state index contributed by atoms with van der Waals surface area (Å²) >= 11 is 0. The van der Waals surface area contributed by atoms with Crippen molar-refractivity contribution in [3.05, 3.63) is 93.4 Å². The van der Waals surface area contributed by atoms with Crippen molar-refractivity contribution < 1.29 is 33.6 Å². The Kier molecular flexibility index (Phi) is 11.2. The lowest BCUT2D eigenvalue weighted by atomic mass is 9.89. The summed E-state index contributed by atoms with van der Waals surface area (Å²) < 4.78 is 28.0. The molecule has 3 N–H and O–H groups in total. The van der Waals surface area contributed by atoms with Gasteiger partial charge >= 0.3 is 0 Å². The van der Waals surface area contributed by atoms with E-state index in [1.807, 2.05) is 24.3 Å². The van der Waals surface area contributed by atoms with E-state index < -0.39 is 11.4 Å². The lowest BCUT2D eigenvalue weighted by molar-refractivity contribution is -0.127. The van der Waals surface area contributed by atoms with Crippen molar-refractivity contribution in [1.29, 1.82) is 0 Å². The van der Waals surface area contributed by atoms with Crippen molar-refractivity contribution in [3.8, 4) is 23.0 Å². The fourth-order valence-corrected chi connectivity index (χ4v) is 4.72. The van der Waals surface area contributed by atoms with Crippen molar-refractivity contribution in [2.45, 2.75) is 31.5 Å². The van der Waals surface area contributed by atoms with Crippen LogP contribution in [-0.2, 0) is 29.0 Å². The zero-order chi connectivity index (χ0) is 31.4. The van der Waals surface area contributed by atoms with Crippen LogP contribution < -0.4 is 29.8 Å². The van der Waals surface area contributed by atoms with Crippen LogP contribution >= 0.6 is 0 Å². The molecule has 0 saturated carbocycles. The van der Waals surface area contributed by atoms with E-state index >= 15 is 0 Å². The highest BCUT2D eigenvalue weighted by Crippen LogP contribution is 2.34. The summed E-state index contributed by atoms with van der Waals surface area (Å²) in [4.78, 5) is 21.6. The number of aliphatic imine (C=N–C) groups is 1. The van der Waals surface area contributed by atoms with Gasteiger partial charge in [0.25, 0.3) is 5.91 Å². The summed E-state index contributed by atoms with van der Waals surface area (Å²) in [5.41, 5.74) is 16.3. The van der Waals surface area contributed by atoms with Gasteiger partial charge in [0.2, 0.25) is 5.90 Å². The maximum Gasteiger partial charge on any atom is 0.266 e. The summed E-state index contributed by atoms with van der Waals surface area (Å²) in [6.07, 6.45) is 0.723. The molecule has 1 amide bonds. The standard InChI is InChI=1S/C31H36N6O7/c1-40-25-15-27(41-2)26(28(16-25)42-3)19-33-36-30(39)31(17-22-7-4-5-8-23(22)18-34-37-32)20-44-29(35-31)21-9-11-24(12-10-21)43-14-6-13-38/h4-5,7-12,15-16,33,38H,6,13-14,17-20H2,1-3H3,(H,36,39)/t31-/m0/s1. The van der Waals surface area contributed by atoms with Crippen LogP contribution in [0.2, 0.25) is 0 Å². The molecule has 44 heavy (non-hydrogen) atoms. The van der Waals surface area contributed by atoms with Crippen molar-refractivity contribution in [2.24, 2.45) is 10.1 Å². The molecule has 0 radical (unpaired) electrons. The number of nitrogens with zero attached hydrogens (tertiary/aromatic N) is 4. The molecule has 0 spiro atoms. The molecule has 3 aromatic carbocycles. The van der Waals surface area contributed by atoms with Gasteiger partial charge in [-0.15, -0.1) is 0 Å². The Labute approximate surface area is 255 Å². The molecule has 1 aliphatic heterocycles. The molecule has 0 unspecified atom stereocenters. The summed E-state index contributed by atoms with van der Waals surface area (Å²) in [5, 5.41) is 12.7. The second kappa shape index (κ2) is 15.5. The Hall–Kier alpha value is -4.97. The number of carbonyl (C=O) groups is 1. The monoisotopic (exact) mass is 604 g/mol. The molecule has 1 aliphatic rings. The number of aliphatic hydroxyl groups excluding tert-OH is 1. The smallest absolute Gasteiger partial charge is 0.266 e. The van der Waals surface area contributed by atoms with Gasteiger partial charge in [-0.05, 0) is 40.9 Å². The Morgan fingerprint density at radius 2 is 1.75 bits per heavy atom. The number of nitrogens with one attached hydrogen (secondary N) is 2. The quantitative estimate of drug-likeness (QED) is 0.0728. The first-order chi connectivity index (χ1) is 21.5. The third-order valence-corrected chi connectivity index (χ3v) is 7.05. The van der Waals surface area contributed by atoms with E-state index in [4.69, 9.17) is 39.3 Å². The minimum Gasteiger partial charge on any atom is -0.496 e. The summed E-state index contributed by atoms with van der Waals surface area (Å²) in [6.45, 7) is 0.743. The van der Waals surface area contributed by atoms with Gasteiger partial charge < -0.3 is 28.8 Å². The molecule has 13 nitrogen and oxygen atoms in total. The zero-order valence-corrected chi connectivity index (χ0v) is 24.9. The summed E-state index contributed by atoms with van der Waals surface area (Å²) in [6, 6.07) is 18.1. The molecular weight excluding hydrogens is 568 g/mol. The third-order valence-electron chi connectivity index (χ3n) is 7.05. The average molecular weight is 605 g/mol. The lowest BCUT2D eigenvalue weighted by Crippen LogP contribution is -2.52. The Morgan fingerprint density at radius 3 is 2.39 bits per heavy atom. The predicted octanol–water partition coefficient (Wildman–Crippen LogP) is 3.86. The van der Waals surface area contributed by atoms with Crippen LogP contribution in [0, 0.1) is 0 Å². The highest BCUT2D eigenvalue weighted by molar-refractivity contribution is 6.00. The first-order valence-electron chi connectivity index (χ1n) is 13.9. The summed E-state index contributed by atoms with van der Waals surface area (Å²) in [7, 11) is 4.63. The molecule has 13 heteroatoms. The van der Waals surface area contributed by atoms with Crippen LogP contribution in [0.3, 0.4) is 0 Å². The number of hydrogen-bond acceptors (Lipinski definition) is 10. The number of hydrazine groups is 1. The van der Waals surface area contributed by atoms with E-state index in [9.17, 15) is 4.79 Å². The average Bonchev–Trinajstić information content (AvgIpc) is 3.49. The van der Waals surface area contributed by atoms with Crippen LogP contribution in [0.5, 0.6) is 23.0 Å². The molecule has 0 fully saturated rings. The second-order valence-corrected chi connectivity index (χ2v) is 9.84. The van der Waals surface area contributed by atoms with E-state index in [1.165, 1.54) is 0 Å². The molecule has 0 bridgehead atoms. The normalized spacial score (nSPS) is 15.4. The second-order valence-electron chi connectivity index (χ2n) is 9.84. The van der Waals surface area contributed by atoms with E-state index in [2.05, 4.69) is 20.9 Å². The highest BCUT2D eigenvalue weighted by atomic mass is 16.5. The minimum atomic E-state index is -1.33. The van der Waals surface area contributed by atoms with Crippen molar-refractivity contribution in [1.82, 2.24) is 10.9 Å². The van der Waals surface area contributed by atoms with Crippen LogP contribution in [0.15, 0.2) is 70.8 Å². The van der Waals surface area contributed by atoms with Gasteiger partial charge in [0.1, 0.15) is 29.6 Å². The first-order valence-corrected chi connectivity index (χ1v) is 13.9. The van der Waals surface area contributed by atoms with Crippen molar-refractivity contribution in [2.75, 3.05) is 41.2 Å². The Balaban J connectivity index is 1.60. The number of amides is 1. The van der Waals surface area contributed by atoms with E-state index in [0.717, 1.165) is 11.1 Å². The molecule has 3 aromatic rings. The molecule has 4 rings (SSSR count). The molecule has 232 valence electrons. The van der Waals surface area contributed by atoms with Gasteiger partial charge in [0.05, 0.1) is 40.0 Å². The number of carbonyl (C=O) groups excluding carboxylic acids is 1. The van der Waals surface area contributed by atoms with Gasteiger partial charge in [0.15, 0.2) is 5.54 Å². The van der Waals surface area contributed by atoms with E-state index in [0.29, 0.717) is 53.1 Å². The van der Waals surface area contributed by atoms with E-state index in [-0.39, 0.29) is 32.7 Å². The maximum absolute atomic E-state index is 13.9. The number of azide groups is 1. The molecule has 1 atom stereocenters. The van der Waals surface area contributed by atoms with Crippen LogP contribution in [-0.4, -0.2) is 63.6 Å². The Bertz CT molecular complexity index is 1480. The topological polar surface area (TPSA) is 169 Å². The molecule has 0 aliphatic carbocycles. The van der Waals surface area contributed by atoms with Crippen molar-refractivity contribution in [3.63, 3.8) is 0 Å². The van der Waals surface area contributed by atoms with Gasteiger partial charge in [0, 0.05) is 48.6 Å². The number of aliphatic hydroxyl groups is 1. The number of ether oxygens (including phenoxy) is 5. The lowest BCUT2D eigenvalue weighted by Gasteiger charge is -2.25. The van der Waals surface area contributed by atoms with Gasteiger partial charge in [-0.1, -0.05) is 29.4 Å². The first kappa shape index (κ1) is 32.0. The molecular formula is C31H36N6O7. The van der Waals surface area contributed by atoms with Crippen LogP contribution in [0.25, 0.3) is 10.4 Å². The van der Waals surface area contributed by atoms with Gasteiger partial charge in [-0.2, -0.15) is 0 Å². The highest BCUT2D eigenvalue weighted by Gasteiger charge is 2.45.